The van der Waals surface area contributed by atoms with E-state index in [-0.39, 0.29) is 12.5 Å². The SMILES string of the molecule is CC.COC(=O)[C@H]1CCCN1C(=O)[C@@H](N)CCCNC(=O)OCc1ccccc1. The van der Waals surface area contributed by atoms with Gasteiger partial charge in [0.05, 0.1) is 13.2 Å². The molecule has 1 aromatic rings. The Morgan fingerprint density at radius 3 is 2.59 bits per heavy atom. The number of hydrogen-bond donors (Lipinski definition) is 2. The number of carbonyl (C=O) groups is 3. The maximum atomic E-state index is 12.4. The lowest BCUT2D eigenvalue weighted by Gasteiger charge is -2.25. The Morgan fingerprint density at radius 2 is 1.93 bits per heavy atom. The van der Waals surface area contributed by atoms with Gasteiger partial charge in [0.1, 0.15) is 12.6 Å². The molecule has 162 valence electrons. The molecule has 1 saturated heterocycles. The van der Waals surface area contributed by atoms with Crippen molar-refractivity contribution in [1.82, 2.24) is 10.2 Å². The molecule has 0 unspecified atom stereocenters. The highest BCUT2D eigenvalue weighted by atomic mass is 16.5. The summed E-state index contributed by atoms with van der Waals surface area (Å²) in [5, 5.41) is 2.64. The standard InChI is InChI=1S/C19H27N3O5.C2H6/c1-26-18(24)16-10-6-12-22(16)17(23)15(20)9-5-11-21-19(25)27-13-14-7-3-2-4-8-14;1-2/h2-4,7-8,15-16H,5-6,9-13,20H2,1H3,(H,21,25);1-2H3/t15-,16+;/m0./s1. The summed E-state index contributed by atoms with van der Waals surface area (Å²) in [7, 11) is 1.31. The van der Waals surface area contributed by atoms with Crippen LogP contribution in [0.1, 0.15) is 45.1 Å². The first-order valence-electron chi connectivity index (χ1n) is 10.1. The molecular formula is C21H33N3O5. The third kappa shape index (κ3) is 8.11. The van der Waals surface area contributed by atoms with Crippen molar-refractivity contribution >= 4 is 18.0 Å². The van der Waals surface area contributed by atoms with E-state index >= 15 is 0 Å². The number of alkyl carbamates (subject to hydrolysis) is 1. The molecule has 1 aromatic carbocycles. The monoisotopic (exact) mass is 407 g/mol. The van der Waals surface area contributed by atoms with Crippen LogP contribution in [0, 0.1) is 0 Å². The second-order valence-electron chi connectivity index (χ2n) is 6.45. The number of carbonyl (C=O) groups excluding carboxylic acids is 3. The fourth-order valence-corrected chi connectivity index (χ4v) is 3.03. The summed E-state index contributed by atoms with van der Waals surface area (Å²) in [5.74, 6) is -0.662. The quantitative estimate of drug-likeness (QED) is 0.505. The van der Waals surface area contributed by atoms with Crippen molar-refractivity contribution in [3.8, 4) is 0 Å². The lowest BCUT2D eigenvalue weighted by molar-refractivity contribution is -0.151. The number of ether oxygens (including phenoxy) is 2. The normalized spacial score (nSPS) is 16.3. The summed E-state index contributed by atoms with van der Waals surface area (Å²) in [5.41, 5.74) is 6.87. The van der Waals surface area contributed by atoms with E-state index in [1.165, 1.54) is 12.0 Å². The number of likely N-dealkylation sites (tertiary alicyclic amines) is 1. The molecule has 2 amide bonds. The second-order valence-corrected chi connectivity index (χ2v) is 6.45. The molecule has 3 N–H and O–H groups in total. The first-order chi connectivity index (χ1) is 14.0. The summed E-state index contributed by atoms with van der Waals surface area (Å²) in [6, 6.07) is 8.14. The van der Waals surface area contributed by atoms with Crippen molar-refractivity contribution in [1.29, 1.82) is 0 Å². The van der Waals surface area contributed by atoms with Crippen LogP contribution in [0.2, 0.25) is 0 Å². The molecule has 1 aliphatic heterocycles. The van der Waals surface area contributed by atoms with Crippen molar-refractivity contribution in [3.63, 3.8) is 0 Å². The molecule has 0 aromatic heterocycles. The predicted molar refractivity (Wildman–Crippen MR) is 110 cm³/mol. The molecule has 1 fully saturated rings. The molecule has 1 aliphatic rings. The van der Waals surface area contributed by atoms with Gasteiger partial charge in [-0.3, -0.25) is 4.79 Å². The maximum Gasteiger partial charge on any atom is 0.407 e. The smallest absolute Gasteiger partial charge is 0.407 e. The number of benzene rings is 1. The van der Waals surface area contributed by atoms with E-state index in [1.807, 2.05) is 44.2 Å². The van der Waals surface area contributed by atoms with Gasteiger partial charge in [0.25, 0.3) is 0 Å². The zero-order chi connectivity index (χ0) is 21.6. The van der Waals surface area contributed by atoms with Gasteiger partial charge in [-0.15, -0.1) is 0 Å². The molecule has 8 nitrogen and oxygen atoms in total. The van der Waals surface area contributed by atoms with E-state index in [0.29, 0.717) is 32.4 Å². The van der Waals surface area contributed by atoms with Gasteiger partial charge in [0, 0.05) is 13.1 Å². The third-order valence-electron chi connectivity index (χ3n) is 4.50. The minimum Gasteiger partial charge on any atom is -0.467 e. The van der Waals surface area contributed by atoms with Crippen LogP contribution in [-0.4, -0.2) is 55.2 Å². The Morgan fingerprint density at radius 1 is 1.24 bits per heavy atom. The van der Waals surface area contributed by atoms with E-state index in [1.54, 1.807) is 0 Å². The molecule has 0 spiro atoms. The average molecular weight is 408 g/mol. The van der Waals surface area contributed by atoms with Crippen LogP contribution in [0.5, 0.6) is 0 Å². The second kappa shape index (κ2) is 13.5. The van der Waals surface area contributed by atoms with E-state index in [4.69, 9.17) is 15.2 Å². The fourth-order valence-electron chi connectivity index (χ4n) is 3.03. The largest absolute Gasteiger partial charge is 0.467 e. The van der Waals surface area contributed by atoms with Gasteiger partial charge < -0.3 is 25.4 Å². The number of nitrogens with zero attached hydrogens (tertiary/aromatic N) is 1. The van der Waals surface area contributed by atoms with E-state index in [0.717, 1.165) is 12.0 Å². The Labute approximate surface area is 172 Å². The number of amides is 2. The minimum absolute atomic E-state index is 0.203. The van der Waals surface area contributed by atoms with Crippen molar-refractivity contribution < 1.29 is 23.9 Å². The van der Waals surface area contributed by atoms with Gasteiger partial charge in [-0.1, -0.05) is 44.2 Å². The Kier molecular flexibility index (Phi) is 11.4. The fraction of sp³-hybridized carbons (Fsp3) is 0.571. The molecular weight excluding hydrogens is 374 g/mol. The van der Waals surface area contributed by atoms with Crippen molar-refractivity contribution in [2.45, 2.75) is 58.2 Å². The minimum atomic E-state index is -0.711. The Hall–Kier alpha value is -2.61. The van der Waals surface area contributed by atoms with E-state index < -0.39 is 24.1 Å². The number of methoxy groups -OCH3 is 1. The molecule has 0 bridgehead atoms. The highest BCUT2D eigenvalue weighted by Crippen LogP contribution is 2.19. The van der Waals surface area contributed by atoms with Crippen LogP contribution in [0.4, 0.5) is 4.79 Å². The zero-order valence-corrected chi connectivity index (χ0v) is 17.6. The molecule has 1 heterocycles. The molecule has 8 heteroatoms. The molecule has 2 rings (SSSR count). The van der Waals surface area contributed by atoms with Gasteiger partial charge in [-0.05, 0) is 31.2 Å². The summed E-state index contributed by atoms with van der Waals surface area (Å²) in [6.45, 7) is 5.07. The van der Waals surface area contributed by atoms with Crippen molar-refractivity contribution in [2.24, 2.45) is 5.73 Å². The summed E-state index contributed by atoms with van der Waals surface area (Å²) < 4.78 is 9.85. The molecule has 0 aliphatic carbocycles. The van der Waals surface area contributed by atoms with E-state index in [9.17, 15) is 14.4 Å². The summed E-state index contributed by atoms with van der Waals surface area (Å²) in [6.07, 6.45) is 1.78. The van der Waals surface area contributed by atoms with Crippen molar-refractivity contribution in [3.05, 3.63) is 35.9 Å². The van der Waals surface area contributed by atoms with Crippen LogP contribution >= 0.6 is 0 Å². The van der Waals surface area contributed by atoms with Gasteiger partial charge in [0.2, 0.25) is 5.91 Å². The van der Waals surface area contributed by atoms with Crippen LogP contribution in [-0.2, 0) is 25.7 Å². The maximum absolute atomic E-state index is 12.4. The van der Waals surface area contributed by atoms with Crippen molar-refractivity contribution in [2.75, 3.05) is 20.2 Å². The molecule has 2 atom stereocenters. The lowest BCUT2D eigenvalue weighted by Crippen LogP contribution is -2.48. The topological polar surface area (TPSA) is 111 Å². The molecule has 0 radical (unpaired) electrons. The number of nitrogens with two attached hydrogens (primary N) is 1. The lowest BCUT2D eigenvalue weighted by atomic mass is 10.1. The van der Waals surface area contributed by atoms with Crippen LogP contribution in [0.25, 0.3) is 0 Å². The molecule has 0 saturated carbocycles. The number of nitrogens with one attached hydrogen (secondary N) is 1. The van der Waals surface area contributed by atoms with E-state index in [2.05, 4.69) is 5.32 Å². The Balaban J connectivity index is 0.00000204. The molecule has 29 heavy (non-hydrogen) atoms. The number of esters is 1. The first kappa shape index (κ1) is 24.4. The van der Waals surface area contributed by atoms with Crippen LogP contribution in [0.15, 0.2) is 30.3 Å². The number of hydrogen-bond acceptors (Lipinski definition) is 6. The van der Waals surface area contributed by atoms with Crippen LogP contribution < -0.4 is 11.1 Å². The highest BCUT2D eigenvalue weighted by Gasteiger charge is 2.36. The third-order valence-corrected chi connectivity index (χ3v) is 4.50. The van der Waals surface area contributed by atoms with Crippen LogP contribution in [0.3, 0.4) is 0 Å². The van der Waals surface area contributed by atoms with Gasteiger partial charge in [-0.2, -0.15) is 0 Å². The average Bonchev–Trinajstić information content (AvgIpc) is 3.26. The highest BCUT2D eigenvalue weighted by molar-refractivity contribution is 5.88. The predicted octanol–water partition coefficient (Wildman–Crippen LogP) is 2.21. The first-order valence-corrected chi connectivity index (χ1v) is 10.1. The van der Waals surface area contributed by atoms with Gasteiger partial charge in [0.15, 0.2) is 0 Å². The van der Waals surface area contributed by atoms with Gasteiger partial charge in [-0.25, -0.2) is 9.59 Å². The summed E-state index contributed by atoms with van der Waals surface area (Å²) >= 11 is 0. The Bertz CT molecular complexity index is 638. The zero-order valence-electron chi connectivity index (χ0n) is 17.6. The van der Waals surface area contributed by atoms with Gasteiger partial charge >= 0.3 is 12.1 Å². The summed E-state index contributed by atoms with van der Waals surface area (Å²) in [4.78, 5) is 37.3. The number of rotatable bonds is 8.